The van der Waals surface area contributed by atoms with Gasteiger partial charge in [-0.3, -0.25) is 4.79 Å². The highest BCUT2D eigenvalue weighted by Gasteiger charge is 2.30. The highest BCUT2D eigenvalue weighted by Crippen LogP contribution is 2.35. The van der Waals surface area contributed by atoms with Gasteiger partial charge in [-0.15, -0.1) is 11.8 Å². The van der Waals surface area contributed by atoms with E-state index in [0.717, 1.165) is 34.0 Å². The third-order valence-electron chi connectivity index (χ3n) is 5.22. The lowest BCUT2D eigenvalue weighted by atomic mass is 10.1. The first-order valence-corrected chi connectivity index (χ1v) is 12.2. The van der Waals surface area contributed by atoms with Crippen LogP contribution in [0.3, 0.4) is 0 Å². The van der Waals surface area contributed by atoms with E-state index in [0.29, 0.717) is 11.4 Å². The summed E-state index contributed by atoms with van der Waals surface area (Å²) in [7, 11) is 0. The molecule has 1 heterocycles. The van der Waals surface area contributed by atoms with Crippen LogP contribution in [0.15, 0.2) is 84.1 Å². The Kier molecular flexibility index (Phi) is 7.69. The molecule has 1 N–H and O–H groups in total. The molecule has 1 amide bonds. The average Bonchev–Trinajstić information content (AvgIpc) is 3.26. The standard InChI is InChI=1S/C27H24F3N3O2S/c1-3-36-23-10-7-19(8-11-23)13-26(34)32-21-9-12-24(33-16-18(2)31-17-33)25(15-21)35-22-6-4-5-20(14-22)27(28,29)30/h4-12,14-17H,3,13H2,1-2H3,(H,32,34). The zero-order chi connectivity index (χ0) is 25.7. The molecule has 3 aromatic carbocycles. The summed E-state index contributed by atoms with van der Waals surface area (Å²) < 4.78 is 47.1. The Hall–Kier alpha value is -3.72. The number of alkyl halides is 3. The van der Waals surface area contributed by atoms with Gasteiger partial charge in [0.2, 0.25) is 5.91 Å². The second kappa shape index (κ2) is 10.9. The van der Waals surface area contributed by atoms with Crippen LogP contribution in [-0.2, 0) is 17.4 Å². The van der Waals surface area contributed by atoms with Gasteiger partial charge >= 0.3 is 6.18 Å². The molecule has 4 rings (SSSR count). The maximum absolute atomic E-state index is 13.2. The smallest absolute Gasteiger partial charge is 0.416 e. The monoisotopic (exact) mass is 511 g/mol. The molecule has 1 aromatic heterocycles. The van der Waals surface area contributed by atoms with Gasteiger partial charge in [0.05, 0.1) is 29.7 Å². The number of hydrogen-bond acceptors (Lipinski definition) is 4. The molecule has 9 heteroatoms. The number of carbonyl (C=O) groups excluding carboxylic acids is 1. The predicted molar refractivity (Wildman–Crippen MR) is 135 cm³/mol. The van der Waals surface area contributed by atoms with E-state index in [1.54, 1.807) is 47.1 Å². The van der Waals surface area contributed by atoms with E-state index in [4.69, 9.17) is 4.74 Å². The number of amides is 1. The number of halogens is 3. The highest BCUT2D eigenvalue weighted by molar-refractivity contribution is 7.99. The lowest BCUT2D eigenvalue weighted by Gasteiger charge is -2.15. The molecule has 0 aliphatic carbocycles. The number of aromatic nitrogens is 2. The minimum atomic E-state index is -4.49. The molecule has 0 radical (unpaired) electrons. The molecule has 0 atom stereocenters. The maximum Gasteiger partial charge on any atom is 0.416 e. The second-order valence-electron chi connectivity index (χ2n) is 8.03. The molecule has 0 saturated heterocycles. The first-order chi connectivity index (χ1) is 17.2. The van der Waals surface area contributed by atoms with Crippen LogP contribution in [0.2, 0.25) is 0 Å². The second-order valence-corrected chi connectivity index (χ2v) is 9.37. The summed E-state index contributed by atoms with van der Waals surface area (Å²) in [6.45, 7) is 3.90. The van der Waals surface area contributed by atoms with Crippen LogP contribution in [0.5, 0.6) is 11.5 Å². The van der Waals surface area contributed by atoms with E-state index >= 15 is 0 Å². The van der Waals surface area contributed by atoms with Crippen LogP contribution < -0.4 is 10.1 Å². The van der Waals surface area contributed by atoms with Crippen molar-refractivity contribution in [2.75, 3.05) is 11.1 Å². The van der Waals surface area contributed by atoms with E-state index in [2.05, 4.69) is 17.2 Å². The van der Waals surface area contributed by atoms with Gasteiger partial charge in [0, 0.05) is 22.8 Å². The van der Waals surface area contributed by atoms with Gasteiger partial charge in [0.1, 0.15) is 5.75 Å². The molecule has 0 saturated carbocycles. The van der Waals surface area contributed by atoms with Gasteiger partial charge in [0.25, 0.3) is 0 Å². The highest BCUT2D eigenvalue weighted by atomic mass is 32.2. The zero-order valence-corrected chi connectivity index (χ0v) is 20.5. The van der Waals surface area contributed by atoms with Crippen LogP contribution in [0.25, 0.3) is 5.69 Å². The number of hydrogen-bond donors (Lipinski definition) is 1. The van der Waals surface area contributed by atoms with Crippen molar-refractivity contribution in [1.29, 1.82) is 0 Å². The number of nitrogens with zero attached hydrogens (tertiary/aromatic N) is 2. The predicted octanol–water partition coefficient (Wildman–Crippen LogP) is 7.29. The maximum atomic E-state index is 13.2. The quantitative estimate of drug-likeness (QED) is 0.253. The van der Waals surface area contributed by atoms with E-state index in [9.17, 15) is 18.0 Å². The number of imidazole rings is 1. The third-order valence-corrected chi connectivity index (χ3v) is 6.12. The fraction of sp³-hybridized carbons (Fsp3) is 0.185. The van der Waals surface area contributed by atoms with Crippen molar-refractivity contribution < 1.29 is 22.7 Å². The molecule has 0 aliphatic rings. The number of benzene rings is 3. The molecule has 0 aliphatic heterocycles. The van der Waals surface area contributed by atoms with Crippen LogP contribution >= 0.6 is 11.8 Å². The van der Waals surface area contributed by atoms with Crippen LogP contribution in [-0.4, -0.2) is 21.2 Å². The van der Waals surface area contributed by atoms with Crippen molar-refractivity contribution in [3.05, 3.63) is 96.1 Å². The zero-order valence-electron chi connectivity index (χ0n) is 19.7. The summed E-state index contributed by atoms with van der Waals surface area (Å²) in [5.41, 5.74) is 1.85. The number of ether oxygens (including phenoxy) is 1. The Balaban J connectivity index is 1.57. The van der Waals surface area contributed by atoms with Crippen molar-refractivity contribution in [3.8, 4) is 17.2 Å². The average molecular weight is 512 g/mol. The van der Waals surface area contributed by atoms with Gasteiger partial charge in [-0.25, -0.2) is 4.98 Å². The summed E-state index contributed by atoms with van der Waals surface area (Å²) >= 11 is 1.73. The lowest BCUT2D eigenvalue weighted by molar-refractivity contribution is -0.137. The molecular weight excluding hydrogens is 487 g/mol. The Morgan fingerprint density at radius 1 is 1.08 bits per heavy atom. The number of rotatable bonds is 8. The number of carbonyl (C=O) groups is 1. The van der Waals surface area contributed by atoms with Crippen molar-refractivity contribution in [1.82, 2.24) is 9.55 Å². The number of aryl methyl sites for hydroxylation is 1. The van der Waals surface area contributed by atoms with Crippen molar-refractivity contribution in [3.63, 3.8) is 0 Å². The molecule has 0 fully saturated rings. The molecule has 186 valence electrons. The number of nitrogens with one attached hydrogen (secondary N) is 1. The third kappa shape index (κ3) is 6.48. The fourth-order valence-electron chi connectivity index (χ4n) is 3.56. The fourth-order valence-corrected chi connectivity index (χ4v) is 4.23. The van der Waals surface area contributed by atoms with Gasteiger partial charge in [-0.2, -0.15) is 13.2 Å². The van der Waals surface area contributed by atoms with Gasteiger partial charge in [-0.1, -0.05) is 25.1 Å². The summed E-state index contributed by atoms with van der Waals surface area (Å²) in [5.74, 6) is 1.04. The van der Waals surface area contributed by atoms with Crippen LogP contribution in [0.4, 0.5) is 18.9 Å². The topological polar surface area (TPSA) is 56.2 Å². The summed E-state index contributed by atoms with van der Waals surface area (Å²) in [5, 5.41) is 2.85. The Labute approximate surface area is 211 Å². The minimum Gasteiger partial charge on any atom is -0.455 e. The van der Waals surface area contributed by atoms with E-state index < -0.39 is 11.7 Å². The Morgan fingerprint density at radius 3 is 2.53 bits per heavy atom. The number of thioether (sulfide) groups is 1. The summed E-state index contributed by atoms with van der Waals surface area (Å²) in [6, 6.07) is 17.5. The molecule has 0 bridgehead atoms. The Bertz CT molecular complexity index is 1350. The normalized spacial score (nSPS) is 11.4. The van der Waals surface area contributed by atoms with Crippen molar-refractivity contribution in [2.45, 2.75) is 31.3 Å². The van der Waals surface area contributed by atoms with E-state index in [1.807, 2.05) is 31.2 Å². The van der Waals surface area contributed by atoms with E-state index in [-0.39, 0.29) is 23.8 Å². The van der Waals surface area contributed by atoms with Crippen molar-refractivity contribution >= 4 is 23.4 Å². The van der Waals surface area contributed by atoms with Crippen molar-refractivity contribution in [2.24, 2.45) is 0 Å². The van der Waals surface area contributed by atoms with E-state index in [1.165, 1.54) is 12.1 Å². The lowest BCUT2D eigenvalue weighted by Crippen LogP contribution is -2.14. The largest absolute Gasteiger partial charge is 0.455 e. The molecular formula is C27H24F3N3O2S. The molecule has 36 heavy (non-hydrogen) atoms. The first kappa shape index (κ1) is 25.4. The molecule has 0 spiro atoms. The molecule has 0 unspecified atom stereocenters. The molecule has 4 aromatic rings. The van der Waals surface area contributed by atoms with Gasteiger partial charge < -0.3 is 14.6 Å². The molecule has 5 nitrogen and oxygen atoms in total. The Morgan fingerprint density at radius 2 is 1.86 bits per heavy atom. The van der Waals surface area contributed by atoms with Crippen LogP contribution in [0.1, 0.15) is 23.7 Å². The number of anilines is 1. The van der Waals surface area contributed by atoms with Crippen LogP contribution in [0, 0.1) is 6.92 Å². The summed E-state index contributed by atoms with van der Waals surface area (Å²) in [6.07, 6.45) is -0.953. The SMILES string of the molecule is CCSc1ccc(CC(=O)Nc2ccc(-n3cnc(C)c3)c(Oc3cccc(C(F)(F)F)c3)c2)cc1. The first-order valence-electron chi connectivity index (χ1n) is 11.2. The summed E-state index contributed by atoms with van der Waals surface area (Å²) in [4.78, 5) is 18.0. The van der Waals surface area contributed by atoms with Gasteiger partial charge in [0.15, 0.2) is 5.75 Å². The minimum absolute atomic E-state index is 0.0245. The van der Waals surface area contributed by atoms with Gasteiger partial charge in [-0.05, 0) is 60.7 Å².